The van der Waals surface area contributed by atoms with Gasteiger partial charge >= 0.3 is 0 Å². The van der Waals surface area contributed by atoms with Crippen LogP contribution >= 0.6 is 0 Å². The van der Waals surface area contributed by atoms with Crippen molar-refractivity contribution in [2.45, 2.75) is 38.2 Å². The summed E-state index contributed by atoms with van der Waals surface area (Å²) in [5.74, 6) is 0.513. The Bertz CT molecular complexity index is 1750. The average Bonchev–Trinajstić information content (AvgIpc) is 3.58. The lowest BCUT2D eigenvalue weighted by Gasteiger charge is -2.22. The first-order valence-corrected chi connectivity index (χ1v) is 12.9. The number of aromatic nitrogens is 6. The number of aromatic amines is 2. The fourth-order valence-corrected chi connectivity index (χ4v) is 5.28. The molecule has 1 fully saturated rings. The van der Waals surface area contributed by atoms with E-state index in [1.54, 1.807) is 24.5 Å². The first-order chi connectivity index (χ1) is 18.7. The number of nitrogens with one attached hydrogen (secondary N) is 2. The number of hydrogen-bond acceptors (Lipinski definition) is 5. The number of rotatable bonds is 5. The van der Waals surface area contributed by atoms with Crippen molar-refractivity contribution in [1.82, 2.24) is 30.1 Å². The number of halogens is 1. The van der Waals surface area contributed by atoms with E-state index in [2.05, 4.69) is 25.1 Å². The summed E-state index contributed by atoms with van der Waals surface area (Å²) in [5, 5.41) is 8.59. The van der Waals surface area contributed by atoms with Crippen LogP contribution in [-0.4, -0.2) is 36.2 Å². The molecule has 1 aliphatic carbocycles. The van der Waals surface area contributed by atoms with Crippen LogP contribution in [0.5, 0.6) is 5.75 Å². The Kier molecular flexibility index (Phi) is 5.57. The number of H-pyrrole nitrogens is 2. The molecule has 1 saturated carbocycles. The summed E-state index contributed by atoms with van der Waals surface area (Å²) in [5.41, 5.74) is 7.37. The van der Waals surface area contributed by atoms with Gasteiger partial charge in [-0.05, 0) is 79.3 Å². The van der Waals surface area contributed by atoms with Crippen LogP contribution in [0.15, 0.2) is 73.2 Å². The molecular formula is C30H25FN6O. The van der Waals surface area contributed by atoms with Crippen molar-refractivity contribution in [3.63, 3.8) is 0 Å². The Morgan fingerprint density at radius 3 is 2.63 bits per heavy atom. The van der Waals surface area contributed by atoms with E-state index in [0.717, 1.165) is 68.7 Å². The van der Waals surface area contributed by atoms with E-state index in [4.69, 9.17) is 9.72 Å². The number of hydrogen-bond donors (Lipinski definition) is 2. The van der Waals surface area contributed by atoms with Crippen molar-refractivity contribution in [3.05, 3.63) is 79.0 Å². The van der Waals surface area contributed by atoms with Crippen LogP contribution in [0.1, 0.15) is 32.1 Å². The van der Waals surface area contributed by atoms with Gasteiger partial charge < -0.3 is 9.72 Å². The maximum absolute atomic E-state index is 13.5. The van der Waals surface area contributed by atoms with Crippen LogP contribution in [0.2, 0.25) is 0 Å². The molecule has 7 rings (SSSR count). The van der Waals surface area contributed by atoms with Gasteiger partial charge in [0.2, 0.25) is 0 Å². The van der Waals surface area contributed by atoms with Crippen LogP contribution in [0.25, 0.3) is 55.8 Å². The van der Waals surface area contributed by atoms with E-state index in [1.165, 1.54) is 31.4 Å². The van der Waals surface area contributed by atoms with Gasteiger partial charge in [-0.3, -0.25) is 10.1 Å². The molecule has 6 aromatic rings. The predicted octanol–water partition coefficient (Wildman–Crippen LogP) is 7.08. The van der Waals surface area contributed by atoms with E-state index in [9.17, 15) is 4.39 Å². The maximum Gasteiger partial charge on any atom is 0.138 e. The SMILES string of the molecule is Fc1ccc(-c2ccnc3[nH]c(-c4n[nH]c5ccc(-c6cncc(OC7CCCCC7)c6)nc45)cc23)cc1. The summed E-state index contributed by atoms with van der Waals surface area (Å²) in [6, 6.07) is 16.4. The molecule has 1 aliphatic rings. The van der Waals surface area contributed by atoms with Gasteiger partial charge in [0.1, 0.15) is 28.4 Å². The van der Waals surface area contributed by atoms with Crippen LogP contribution in [0, 0.1) is 5.82 Å². The van der Waals surface area contributed by atoms with E-state index in [0.29, 0.717) is 5.69 Å². The highest BCUT2D eigenvalue weighted by Crippen LogP contribution is 2.34. The number of benzene rings is 1. The quantitative estimate of drug-likeness (QED) is 0.262. The van der Waals surface area contributed by atoms with Crippen molar-refractivity contribution < 1.29 is 9.13 Å². The molecule has 5 heterocycles. The molecule has 0 unspecified atom stereocenters. The molecule has 0 atom stereocenters. The third-order valence-corrected chi connectivity index (χ3v) is 7.21. The molecule has 5 aromatic heterocycles. The van der Waals surface area contributed by atoms with Crippen molar-refractivity contribution in [3.8, 4) is 39.5 Å². The second kappa shape index (κ2) is 9.37. The van der Waals surface area contributed by atoms with E-state index in [-0.39, 0.29) is 11.9 Å². The predicted molar refractivity (Wildman–Crippen MR) is 145 cm³/mol. The summed E-state index contributed by atoms with van der Waals surface area (Å²) in [6.07, 6.45) is 11.5. The van der Waals surface area contributed by atoms with Gasteiger partial charge in [-0.15, -0.1) is 0 Å². The Labute approximate surface area is 218 Å². The maximum atomic E-state index is 13.5. The highest BCUT2D eigenvalue weighted by molar-refractivity contribution is 5.99. The first kappa shape index (κ1) is 22.6. The summed E-state index contributed by atoms with van der Waals surface area (Å²) in [7, 11) is 0. The van der Waals surface area contributed by atoms with Crippen LogP contribution in [0.4, 0.5) is 4.39 Å². The number of nitrogens with zero attached hydrogens (tertiary/aromatic N) is 4. The van der Waals surface area contributed by atoms with Gasteiger partial charge in [-0.1, -0.05) is 18.6 Å². The van der Waals surface area contributed by atoms with Crippen molar-refractivity contribution in [1.29, 1.82) is 0 Å². The highest BCUT2D eigenvalue weighted by Gasteiger charge is 2.18. The van der Waals surface area contributed by atoms with Crippen LogP contribution in [-0.2, 0) is 0 Å². The van der Waals surface area contributed by atoms with Gasteiger partial charge in [0.15, 0.2) is 0 Å². The normalized spacial score (nSPS) is 14.3. The Morgan fingerprint density at radius 1 is 0.895 bits per heavy atom. The number of fused-ring (bicyclic) bond motifs is 2. The second-order valence-electron chi connectivity index (χ2n) is 9.76. The minimum absolute atomic E-state index is 0.257. The third kappa shape index (κ3) is 4.18. The van der Waals surface area contributed by atoms with Gasteiger partial charge in [0, 0.05) is 23.3 Å². The monoisotopic (exact) mass is 504 g/mol. The van der Waals surface area contributed by atoms with Crippen LogP contribution < -0.4 is 4.74 Å². The van der Waals surface area contributed by atoms with Gasteiger partial charge in [-0.2, -0.15) is 5.10 Å². The van der Waals surface area contributed by atoms with Crippen molar-refractivity contribution in [2.24, 2.45) is 0 Å². The van der Waals surface area contributed by atoms with Gasteiger partial charge in [0.05, 0.1) is 29.2 Å². The Morgan fingerprint density at radius 2 is 1.76 bits per heavy atom. The molecule has 0 spiro atoms. The molecule has 8 heteroatoms. The Balaban J connectivity index is 1.25. The number of pyridine rings is 3. The molecule has 188 valence electrons. The van der Waals surface area contributed by atoms with Crippen molar-refractivity contribution in [2.75, 3.05) is 0 Å². The summed E-state index contributed by atoms with van der Waals surface area (Å²) in [6.45, 7) is 0. The average molecular weight is 505 g/mol. The molecule has 2 N–H and O–H groups in total. The Hall–Kier alpha value is -4.59. The molecule has 1 aromatic carbocycles. The van der Waals surface area contributed by atoms with Crippen molar-refractivity contribution >= 4 is 22.1 Å². The van der Waals surface area contributed by atoms with E-state index < -0.39 is 0 Å². The number of ether oxygens (including phenoxy) is 1. The van der Waals surface area contributed by atoms with Gasteiger partial charge in [-0.25, -0.2) is 14.4 Å². The minimum atomic E-state index is -0.264. The fraction of sp³-hybridized carbons (Fsp3) is 0.200. The van der Waals surface area contributed by atoms with E-state index >= 15 is 0 Å². The third-order valence-electron chi connectivity index (χ3n) is 7.21. The molecule has 7 nitrogen and oxygen atoms in total. The molecule has 0 radical (unpaired) electrons. The molecule has 38 heavy (non-hydrogen) atoms. The second-order valence-corrected chi connectivity index (χ2v) is 9.76. The summed E-state index contributed by atoms with van der Waals surface area (Å²) < 4.78 is 19.7. The summed E-state index contributed by atoms with van der Waals surface area (Å²) >= 11 is 0. The highest BCUT2D eigenvalue weighted by atomic mass is 19.1. The molecule has 0 bridgehead atoms. The lowest BCUT2D eigenvalue weighted by molar-refractivity contribution is 0.154. The molecular weight excluding hydrogens is 479 g/mol. The molecule has 0 amide bonds. The zero-order valence-corrected chi connectivity index (χ0v) is 20.6. The molecule has 0 saturated heterocycles. The smallest absolute Gasteiger partial charge is 0.138 e. The first-order valence-electron chi connectivity index (χ1n) is 12.9. The standard InChI is InChI=1S/C30H25FN6O/c31-20-8-6-18(7-9-20)23-12-13-33-30-24(23)15-27(35-30)29-28-26(36-37-29)11-10-25(34-28)19-14-22(17-32-16-19)38-21-4-2-1-3-5-21/h6-17,21H,1-5H2,(H,33,35)(H,36,37). The topological polar surface area (TPSA) is 92.4 Å². The fourth-order valence-electron chi connectivity index (χ4n) is 5.28. The lowest BCUT2D eigenvalue weighted by Crippen LogP contribution is -2.19. The summed E-state index contributed by atoms with van der Waals surface area (Å²) in [4.78, 5) is 17.3. The van der Waals surface area contributed by atoms with E-state index in [1.807, 2.05) is 36.5 Å². The lowest BCUT2D eigenvalue weighted by atomic mass is 9.98. The molecule has 0 aliphatic heterocycles. The zero-order chi connectivity index (χ0) is 25.5. The minimum Gasteiger partial charge on any atom is -0.489 e. The largest absolute Gasteiger partial charge is 0.489 e. The zero-order valence-electron chi connectivity index (χ0n) is 20.6. The van der Waals surface area contributed by atoms with Gasteiger partial charge in [0.25, 0.3) is 0 Å². The van der Waals surface area contributed by atoms with Crippen LogP contribution in [0.3, 0.4) is 0 Å².